The molecule has 8 nitrogen and oxygen atoms in total. The Balaban J connectivity index is 0.00000420. The first kappa shape index (κ1) is 24.2. The maximum atomic E-state index is 12.0. The number of carbonyl (C=O) groups excluding carboxylic acids is 1. The lowest BCUT2D eigenvalue weighted by molar-refractivity contribution is -0.384. The summed E-state index contributed by atoms with van der Waals surface area (Å²) in [6, 6.07) is 11.4. The number of rotatable bonds is 11. The largest absolute Gasteiger partial charge is 0.493 e. The zero-order valence-electron chi connectivity index (χ0n) is 16.5. The van der Waals surface area contributed by atoms with Crippen molar-refractivity contribution in [2.45, 2.75) is 12.8 Å². The number of ether oxygens (including phenoxy) is 2. The number of carbonyl (C=O) groups is 1. The molecule has 0 aliphatic carbocycles. The van der Waals surface area contributed by atoms with Gasteiger partial charge in [-0.25, -0.2) is 0 Å². The Labute approximate surface area is 176 Å². The molecule has 0 fully saturated rings. The van der Waals surface area contributed by atoms with E-state index in [0.29, 0.717) is 23.6 Å². The van der Waals surface area contributed by atoms with E-state index in [0.717, 1.165) is 31.5 Å². The summed E-state index contributed by atoms with van der Waals surface area (Å²) in [7, 11) is 3.23. The molecule has 158 valence electrons. The van der Waals surface area contributed by atoms with Gasteiger partial charge in [-0.05, 0) is 55.8 Å². The number of nitro benzene ring substituents is 1. The van der Waals surface area contributed by atoms with Crippen molar-refractivity contribution in [3.63, 3.8) is 0 Å². The molecule has 0 saturated heterocycles. The average Bonchev–Trinajstić information content (AvgIpc) is 2.72. The number of hydrogen-bond donors (Lipinski definition) is 2. The number of amides is 1. The smallest absolute Gasteiger partial charge is 0.269 e. The van der Waals surface area contributed by atoms with E-state index >= 15 is 0 Å². The number of non-ortho nitro benzene ring substituents is 1. The van der Waals surface area contributed by atoms with E-state index in [4.69, 9.17) is 9.47 Å². The lowest BCUT2D eigenvalue weighted by atomic mass is 10.1. The number of nitrogens with one attached hydrogen (secondary N) is 2. The van der Waals surface area contributed by atoms with Gasteiger partial charge in [0.25, 0.3) is 11.6 Å². The standard InChI is InChI=1S/C20H25N3O5.ClH/c1-27-18-9-4-15(14-19(18)28-2)10-13-21-11-3-12-22-20(24)16-5-7-17(8-6-16)23(25)26;/h4-9,14,21H,3,10-13H2,1-2H3,(H,22,24);1H. The van der Waals surface area contributed by atoms with Crippen LogP contribution in [0.3, 0.4) is 0 Å². The van der Waals surface area contributed by atoms with E-state index in [-0.39, 0.29) is 24.0 Å². The highest BCUT2D eigenvalue weighted by atomic mass is 35.5. The molecule has 0 saturated carbocycles. The molecule has 0 spiro atoms. The first-order valence-corrected chi connectivity index (χ1v) is 8.99. The average molecular weight is 424 g/mol. The van der Waals surface area contributed by atoms with Crippen LogP contribution in [-0.2, 0) is 6.42 Å². The molecule has 2 rings (SSSR count). The molecule has 1 amide bonds. The fraction of sp³-hybridized carbons (Fsp3) is 0.350. The molecule has 29 heavy (non-hydrogen) atoms. The summed E-state index contributed by atoms with van der Waals surface area (Å²) < 4.78 is 10.5. The normalized spacial score (nSPS) is 10.0. The number of benzene rings is 2. The number of halogens is 1. The summed E-state index contributed by atoms with van der Waals surface area (Å²) in [5.41, 5.74) is 1.53. The van der Waals surface area contributed by atoms with Crippen molar-refractivity contribution in [1.29, 1.82) is 0 Å². The van der Waals surface area contributed by atoms with Gasteiger partial charge in [-0.3, -0.25) is 14.9 Å². The number of hydrogen-bond acceptors (Lipinski definition) is 6. The topological polar surface area (TPSA) is 103 Å². The molecule has 0 aromatic heterocycles. The maximum absolute atomic E-state index is 12.0. The highest BCUT2D eigenvalue weighted by molar-refractivity contribution is 5.94. The van der Waals surface area contributed by atoms with Crippen LogP contribution in [0.5, 0.6) is 11.5 Å². The van der Waals surface area contributed by atoms with Gasteiger partial charge in [0.15, 0.2) is 11.5 Å². The molecule has 0 bridgehead atoms. The molecule has 0 aliphatic heterocycles. The van der Waals surface area contributed by atoms with Crippen molar-refractivity contribution in [2.24, 2.45) is 0 Å². The van der Waals surface area contributed by atoms with E-state index in [9.17, 15) is 14.9 Å². The Morgan fingerprint density at radius 2 is 1.69 bits per heavy atom. The van der Waals surface area contributed by atoms with E-state index in [1.165, 1.54) is 24.3 Å². The first-order valence-electron chi connectivity index (χ1n) is 8.99. The fourth-order valence-corrected chi connectivity index (χ4v) is 2.65. The minimum absolute atomic E-state index is 0. The SMILES string of the molecule is COc1ccc(CCNCCCNC(=O)c2ccc([N+](=O)[O-])cc2)cc1OC.Cl. The maximum Gasteiger partial charge on any atom is 0.269 e. The van der Waals surface area contributed by atoms with Gasteiger partial charge in [0.2, 0.25) is 0 Å². The summed E-state index contributed by atoms with van der Waals surface area (Å²) >= 11 is 0. The number of nitro groups is 1. The first-order chi connectivity index (χ1) is 13.5. The summed E-state index contributed by atoms with van der Waals surface area (Å²) in [5, 5.41) is 16.8. The quantitative estimate of drug-likeness (QED) is 0.327. The van der Waals surface area contributed by atoms with Crippen LogP contribution < -0.4 is 20.1 Å². The van der Waals surface area contributed by atoms with Gasteiger partial charge in [-0.15, -0.1) is 12.4 Å². The van der Waals surface area contributed by atoms with Gasteiger partial charge in [0.1, 0.15) is 0 Å². The molecule has 0 aliphatic rings. The molecule has 0 radical (unpaired) electrons. The Hall–Kier alpha value is -2.84. The number of nitrogens with zero attached hydrogens (tertiary/aromatic N) is 1. The van der Waals surface area contributed by atoms with Crippen LogP contribution in [0.1, 0.15) is 22.3 Å². The fourth-order valence-electron chi connectivity index (χ4n) is 2.65. The van der Waals surface area contributed by atoms with Gasteiger partial charge in [0.05, 0.1) is 19.1 Å². The number of methoxy groups -OCH3 is 2. The highest BCUT2D eigenvalue weighted by Gasteiger charge is 2.09. The molecule has 0 atom stereocenters. The van der Waals surface area contributed by atoms with Crippen LogP contribution in [0.25, 0.3) is 0 Å². The third-order valence-corrected chi connectivity index (χ3v) is 4.19. The summed E-state index contributed by atoms with van der Waals surface area (Å²) in [4.78, 5) is 22.1. The van der Waals surface area contributed by atoms with Crippen molar-refractivity contribution >= 4 is 24.0 Å². The third kappa shape index (κ3) is 7.59. The third-order valence-electron chi connectivity index (χ3n) is 4.19. The van der Waals surface area contributed by atoms with Crippen molar-refractivity contribution < 1.29 is 19.2 Å². The van der Waals surface area contributed by atoms with Crippen LogP contribution in [-0.4, -0.2) is 44.7 Å². The second kappa shape index (κ2) is 12.6. The van der Waals surface area contributed by atoms with Crippen molar-refractivity contribution in [1.82, 2.24) is 10.6 Å². The predicted octanol–water partition coefficient (Wildman–Crippen LogP) is 2.99. The Bertz CT molecular complexity index is 799. The summed E-state index contributed by atoms with van der Waals surface area (Å²) in [5.74, 6) is 1.19. The molecule has 9 heteroatoms. The molecular weight excluding hydrogens is 398 g/mol. The Morgan fingerprint density at radius 1 is 1.00 bits per heavy atom. The zero-order valence-corrected chi connectivity index (χ0v) is 17.3. The zero-order chi connectivity index (χ0) is 20.4. The van der Waals surface area contributed by atoms with Crippen LogP contribution in [0.2, 0.25) is 0 Å². The van der Waals surface area contributed by atoms with Gasteiger partial charge in [-0.1, -0.05) is 6.07 Å². The van der Waals surface area contributed by atoms with Gasteiger partial charge >= 0.3 is 0 Å². The summed E-state index contributed by atoms with van der Waals surface area (Å²) in [6.07, 6.45) is 1.64. The highest BCUT2D eigenvalue weighted by Crippen LogP contribution is 2.27. The van der Waals surface area contributed by atoms with Crippen molar-refractivity contribution in [3.8, 4) is 11.5 Å². The Kier molecular flexibility index (Phi) is 10.5. The lowest BCUT2D eigenvalue weighted by Crippen LogP contribution is -2.28. The van der Waals surface area contributed by atoms with Gasteiger partial charge in [0, 0.05) is 24.2 Å². The second-order valence-corrected chi connectivity index (χ2v) is 6.10. The van der Waals surface area contributed by atoms with Crippen molar-refractivity contribution in [2.75, 3.05) is 33.9 Å². The lowest BCUT2D eigenvalue weighted by Gasteiger charge is -2.10. The molecular formula is C20H26ClN3O5. The Morgan fingerprint density at radius 3 is 2.31 bits per heavy atom. The van der Waals surface area contributed by atoms with E-state index in [1.807, 2.05) is 18.2 Å². The van der Waals surface area contributed by atoms with Crippen LogP contribution in [0.15, 0.2) is 42.5 Å². The minimum Gasteiger partial charge on any atom is -0.493 e. The predicted molar refractivity (Wildman–Crippen MR) is 113 cm³/mol. The van der Waals surface area contributed by atoms with E-state index in [1.54, 1.807) is 14.2 Å². The molecule has 2 aromatic carbocycles. The van der Waals surface area contributed by atoms with E-state index in [2.05, 4.69) is 10.6 Å². The monoisotopic (exact) mass is 423 g/mol. The summed E-state index contributed by atoms with van der Waals surface area (Å²) in [6.45, 7) is 2.11. The second-order valence-electron chi connectivity index (χ2n) is 6.10. The van der Waals surface area contributed by atoms with Gasteiger partial charge in [-0.2, -0.15) is 0 Å². The van der Waals surface area contributed by atoms with Crippen LogP contribution in [0.4, 0.5) is 5.69 Å². The van der Waals surface area contributed by atoms with Crippen LogP contribution in [0, 0.1) is 10.1 Å². The molecule has 0 unspecified atom stereocenters. The molecule has 2 aromatic rings. The minimum atomic E-state index is -0.491. The van der Waals surface area contributed by atoms with E-state index < -0.39 is 4.92 Å². The van der Waals surface area contributed by atoms with Crippen LogP contribution >= 0.6 is 12.4 Å². The van der Waals surface area contributed by atoms with Crippen molar-refractivity contribution in [3.05, 3.63) is 63.7 Å². The molecule has 0 heterocycles. The molecule has 2 N–H and O–H groups in total. The van der Waals surface area contributed by atoms with Gasteiger partial charge < -0.3 is 20.1 Å².